The Morgan fingerprint density at radius 3 is 2.86 bits per heavy atom. The summed E-state index contributed by atoms with van der Waals surface area (Å²) in [6.45, 7) is 6.75. The molecular formula is C10H20N2O2. The van der Waals surface area contributed by atoms with Crippen LogP contribution in [0.1, 0.15) is 20.3 Å². The smallest absolute Gasteiger partial charge is 0.234 e. The zero-order chi connectivity index (χ0) is 10.6. The highest BCUT2D eigenvalue weighted by molar-refractivity contribution is 5.78. The highest BCUT2D eigenvalue weighted by Gasteiger charge is 2.21. The standard InChI is InChI=1S/C10H20N2O2/c1-8(2)5-11-10(14)7-12-4-3-9(13)6-12/h8-9,13H,3-7H2,1-2H3,(H,11,14)/t9-/m0/s1. The molecule has 1 amide bonds. The summed E-state index contributed by atoms with van der Waals surface area (Å²) in [5.41, 5.74) is 0. The van der Waals surface area contributed by atoms with Crippen molar-refractivity contribution in [1.29, 1.82) is 0 Å². The average Bonchev–Trinajstić information content (AvgIpc) is 2.48. The topological polar surface area (TPSA) is 52.6 Å². The van der Waals surface area contributed by atoms with Crippen LogP contribution in [-0.4, -0.2) is 48.2 Å². The van der Waals surface area contributed by atoms with Crippen LogP contribution in [0.4, 0.5) is 0 Å². The Bertz CT molecular complexity index is 195. The molecule has 0 unspecified atom stereocenters. The number of rotatable bonds is 4. The van der Waals surface area contributed by atoms with Crippen LogP contribution in [0.25, 0.3) is 0 Å². The number of nitrogens with one attached hydrogen (secondary N) is 1. The van der Waals surface area contributed by atoms with Gasteiger partial charge in [-0.2, -0.15) is 0 Å². The van der Waals surface area contributed by atoms with Gasteiger partial charge in [0, 0.05) is 19.6 Å². The number of carbonyl (C=O) groups excluding carboxylic acids is 1. The van der Waals surface area contributed by atoms with Crippen LogP contribution < -0.4 is 5.32 Å². The molecule has 1 heterocycles. The van der Waals surface area contributed by atoms with E-state index in [-0.39, 0.29) is 12.0 Å². The van der Waals surface area contributed by atoms with Gasteiger partial charge in [-0.25, -0.2) is 0 Å². The third kappa shape index (κ3) is 4.07. The third-order valence-corrected chi connectivity index (χ3v) is 2.32. The van der Waals surface area contributed by atoms with Gasteiger partial charge < -0.3 is 10.4 Å². The monoisotopic (exact) mass is 200 g/mol. The zero-order valence-corrected chi connectivity index (χ0v) is 8.99. The van der Waals surface area contributed by atoms with Crippen molar-refractivity contribution in [3.63, 3.8) is 0 Å². The second kappa shape index (κ2) is 5.32. The molecule has 0 aromatic carbocycles. The third-order valence-electron chi connectivity index (χ3n) is 2.32. The molecule has 0 spiro atoms. The second-order valence-corrected chi connectivity index (χ2v) is 4.38. The van der Waals surface area contributed by atoms with Crippen molar-refractivity contribution in [2.24, 2.45) is 5.92 Å². The van der Waals surface area contributed by atoms with Crippen molar-refractivity contribution in [3.8, 4) is 0 Å². The Hall–Kier alpha value is -0.610. The van der Waals surface area contributed by atoms with Gasteiger partial charge in [0.2, 0.25) is 5.91 Å². The highest BCUT2D eigenvalue weighted by atomic mass is 16.3. The van der Waals surface area contributed by atoms with Gasteiger partial charge in [0.1, 0.15) is 0 Å². The van der Waals surface area contributed by atoms with Crippen LogP contribution in [0.15, 0.2) is 0 Å². The number of hydrogen-bond acceptors (Lipinski definition) is 3. The Kier molecular flexibility index (Phi) is 4.35. The number of likely N-dealkylation sites (tertiary alicyclic amines) is 1. The summed E-state index contributed by atoms with van der Waals surface area (Å²) in [7, 11) is 0. The SMILES string of the molecule is CC(C)CNC(=O)CN1CC[C@H](O)C1. The van der Waals surface area contributed by atoms with E-state index in [0.717, 1.165) is 19.5 Å². The first-order valence-electron chi connectivity index (χ1n) is 5.25. The van der Waals surface area contributed by atoms with E-state index in [0.29, 0.717) is 19.0 Å². The van der Waals surface area contributed by atoms with Crippen molar-refractivity contribution < 1.29 is 9.90 Å². The predicted octanol–water partition coefficient (Wildman–Crippen LogP) is -0.175. The first-order chi connectivity index (χ1) is 6.58. The molecule has 14 heavy (non-hydrogen) atoms. The molecule has 4 heteroatoms. The van der Waals surface area contributed by atoms with Gasteiger partial charge in [-0.1, -0.05) is 13.8 Å². The van der Waals surface area contributed by atoms with Gasteiger partial charge in [0.15, 0.2) is 0 Å². The van der Waals surface area contributed by atoms with Crippen molar-refractivity contribution in [3.05, 3.63) is 0 Å². The minimum absolute atomic E-state index is 0.0628. The van der Waals surface area contributed by atoms with E-state index in [1.54, 1.807) is 0 Å². The number of carbonyl (C=O) groups is 1. The van der Waals surface area contributed by atoms with E-state index < -0.39 is 0 Å². The van der Waals surface area contributed by atoms with Crippen LogP contribution in [-0.2, 0) is 4.79 Å². The number of aliphatic hydroxyl groups is 1. The van der Waals surface area contributed by atoms with Crippen LogP contribution in [0.3, 0.4) is 0 Å². The van der Waals surface area contributed by atoms with E-state index >= 15 is 0 Å². The largest absolute Gasteiger partial charge is 0.392 e. The maximum Gasteiger partial charge on any atom is 0.234 e. The fourth-order valence-electron chi connectivity index (χ4n) is 1.53. The molecule has 82 valence electrons. The van der Waals surface area contributed by atoms with E-state index in [9.17, 15) is 9.90 Å². The molecule has 1 aliphatic rings. The van der Waals surface area contributed by atoms with Crippen molar-refractivity contribution in [1.82, 2.24) is 10.2 Å². The molecule has 1 aliphatic heterocycles. The number of aliphatic hydroxyl groups excluding tert-OH is 1. The van der Waals surface area contributed by atoms with Crippen molar-refractivity contribution in [2.45, 2.75) is 26.4 Å². The maximum absolute atomic E-state index is 11.4. The fraction of sp³-hybridized carbons (Fsp3) is 0.900. The Labute approximate surface area is 85.3 Å². The average molecular weight is 200 g/mol. The van der Waals surface area contributed by atoms with Crippen LogP contribution in [0.2, 0.25) is 0 Å². The highest BCUT2D eigenvalue weighted by Crippen LogP contribution is 2.07. The van der Waals surface area contributed by atoms with Gasteiger partial charge in [-0.3, -0.25) is 9.69 Å². The summed E-state index contributed by atoms with van der Waals surface area (Å²) >= 11 is 0. The molecule has 0 aromatic rings. The summed E-state index contributed by atoms with van der Waals surface area (Å²) in [4.78, 5) is 13.4. The molecule has 2 N–H and O–H groups in total. The lowest BCUT2D eigenvalue weighted by Gasteiger charge is -2.15. The van der Waals surface area contributed by atoms with Gasteiger partial charge in [0.25, 0.3) is 0 Å². The molecule has 0 bridgehead atoms. The molecular weight excluding hydrogens is 180 g/mol. The lowest BCUT2D eigenvalue weighted by atomic mass is 10.2. The van der Waals surface area contributed by atoms with Gasteiger partial charge >= 0.3 is 0 Å². The normalized spacial score (nSPS) is 23.0. The molecule has 1 atom stereocenters. The van der Waals surface area contributed by atoms with Crippen LogP contribution in [0.5, 0.6) is 0 Å². The molecule has 1 rings (SSSR count). The minimum atomic E-state index is -0.243. The molecule has 0 aliphatic carbocycles. The number of hydrogen-bond donors (Lipinski definition) is 2. The summed E-state index contributed by atoms with van der Waals surface area (Å²) in [6.07, 6.45) is 0.546. The quantitative estimate of drug-likeness (QED) is 0.662. The Morgan fingerprint density at radius 1 is 1.64 bits per heavy atom. The molecule has 0 radical (unpaired) electrons. The maximum atomic E-state index is 11.4. The van der Waals surface area contributed by atoms with Crippen molar-refractivity contribution in [2.75, 3.05) is 26.2 Å². The Morgan fingerprint density at radius 2 is 2.36 bits per heavy atom. The first kappa shape index (κ1) is 11.5. The lowest BCUT2D eigenvalue weighted by molar-refractivity contribution is -0.122. The number of amides is 1. The molecule has 1 saturated heterocycles. The van der Waals surface area contributed by atoms with Gasteiger partial charge in [-0.05, 0) is 12.3 Å². The molecule has 0 aromatic heterocycles. The van der Waals surface area contributed by atoms with Crippen molar-refractivity contribution >= 4 is 5.91 Å². The lowest BCUT2D eigenvalue weighted by Crippen LogP contribution is -2.37. The van der Waals surface area contributed by atoms with Gasteiger partial charge in [-0.15, -0.1) is 0 Å². The Balaban J connectivity index is 2.14. The molecule has 0 saturated carbocycles. The van der Waals surface area contributed by atoms with Crippen LogP contribution >= 0.6 is 0 Å². The van der Waals surface area contributed by atoms with E-state index in [2.05, 4.69) is 19.2 Å². The zero-order valence-electron chi connectivity index (χ0n) is 8.99. The second-order valence-electron chi connectivity index (χ2n) is 4.38. The van der Waals surface area contributed by atoms with E-state index in [1.807, 2.05) is 4.90 Å². The minimum Gasteiger partial charge on any atom is -0.392 e. The predicted molar refractivity (Wildman–Crippen MR) is 54.9 cm³/mol. The molecule has 1 fully saturated rings. The van der Waals surface area contributed by atoms with Crippen LogP contribution in [0, 0.1) is 5.92 Å². The first-order valence-corrected chi connectivity index (χ1v) is 5.25. The van der Waals surface area contributed by atoms with E-state index in [4.69, 9.17) is 0 Å². The fourth-order valence-corrected chi connectivity index (χ4v) is 1.53. The number of β-amino-alcohol motifs (C(OH)–C–C–N with tert-alkyl or cyclic N) is 1. The number of nitrogens with zero attached hydrogens (tertiary/aromatic N) is 1. The summed E-state index contributed by atoms with van der Waals surface area (Å²) in [5, 5.41) is 12.1. The summed E-state index contributed by atoms with van der Waals surface area (Å²) < 4.78 is 0. The van der Waals surface area contributed by atoms with E-state index in [1.165, 1.54) is 0 Å². The van der Waals surface area contributed by atoms with Gasteiger partial charge in [0.05, 0.1) is 12.6 Å². The summed E-state index contributed by atoms with van der Waals surface area (Å²) in [6, 6.07) is 0. The molecule has 4 nitrogen and oxygen atoms in total. The summed E-state index contributed by atoms with van der Waals surface area (Å²) in [5.74, 6) is 0.552.